The number of piperidine rings is 1. The number of ether oxygens (including phenoxy) is 2. The quantitative estimate of drug-likeness (QED) is 0.526. The van der Waals surface area contributed by atoms with Crippen molar-refractivity contribution < 1.29 is 14.3 Å². The summed E-state index contributed by atoms with van der Waals surface area (Å²) in [5.74, 6) is 1.42. The molecule has 1 aliphatic carbocycles. The fourth-order valence-electron chi connectivity index (χ4n) is 6.73. The van der Waals surface area contributed by atoms with Crippen LogP contribution in [0.1, 0.15) is 91.0 Å². The van der Waals surface area contributed by atoms with Crippen LogP contribution in [0, 0.1) is 12.8 Å². The Bertz CT molecular complexity index is 1040. The minimum Gasteiger partial charge on any atom is -0.354 e. The third kappa shape index (κ3) is 6.61. The second-order valence-corrected chi connectivity index (χ2v) is 11.4. The summed E-state index contributed by atoms with van der Waals surface area (Å²) in [6.07, 6.45) is 12.6. The highest BCUT2D eigenvalue weighted by molar-refractivity contribution is 5.93. The first kappa shape index (κ1) is 27.2. The van der Waals surface area contributed by atoms with Crippen molar-refractivity contribution in [1.29, 1.82) is 0 Å². The van der Waals surface area contributed by atoms with Gasteiger partial charge in [-0.3, -0.25) is 4.79 Å². The van der Waals surface area contributed by atoms with Crippen molar-refractivity contribution in [3.8, 4) is 0 Å². The van der Waals surface area contributed by atoms with Crippen molar-refractivity contribution in [1.82, 2.24) is 20.2 Å². The number of benzene rings is 1. The highest BCUT2D eigenvalue weighted by Crippen LogP contribution is 2.38. The maximum Gasteiger partial charge on any atom is 0.272 e. The SMILES string of the molecule is COC1OCCCC1NC1CCN(C(=O)c2ncnc(CCC3CCC[C@@H](c4ccccc4)C3)c2C)CC1. The lowest BCUT2D eigenvalue weighted by Crippen LogP contribution is -2.53. The van der Waals surface area contributed by atoms with Gasteiger partial charge in [-0.2, -0.15) is 0 Å². The summed E-state index contributed by atoms with van der Waals surface area (Å²) < 4.78 is 11.3. The van der Waals surface area contributed by atoms with Crippen molar-refractivity contribution in [3.05, 3.63) is 59.2 Å². The van der Waals surface area contributed by atoms with E-state index in [1.165, 1.54) is 31.2 Å². The van der Waals surface area contributed by atoms with Gasteiger partial charge in [0.1, 0.15) is 12.0 Å². The van der Waals surface area contributed by atoms with Gasteiger partial charge in [-0.1, -0.05) is 43.2 Å². The monoisotopic (exact) mass is 520 g/mol. The summed E-state index contributed by atoms with van der Waals surface area (Å²) in [6.45, 7) is 4.27. The zero-order chi connectivity index (χ0) is 26.3. The minimum atomic E-state index is -0.177. The molecule has 3 unspecified atom stereocenters. The summed E-state index contributed by atoms with van der Waals surface area (Å²) in [6, 6.07) is 11.6. The van der Waals surface area contributed by atoms with E-state index >= 15 is 0 Å². The van der Waals surface area contributed by atoms with Crippen molar-refractivity contribution in [2.45, 2.75) is 95.4 Å². The van der Waals surface area contributed by atoms with Crippen LogP contribution < -0.4 is 5.32 Å². The van der Waals surface area contributed by atoms with Gasteiger partial charge in [0.15, 0.2) is 6.29 Å². The van der Waals surface area contributed by atoms with Gasteiger partial charge in [-0.15, -0.1) is 0 Å². The van der Waals surface area contributed by atoms with Gasteiger partial charge < -0.3 is 19.7 Å². The molecular formula is C31H44N4O3. The van der Waals surface area contributed by atoms with Gasteiger partial charge in [0.05, 0.1) is 6.04 Å². The zero-order valence-electron chi connectivity index (χ0n) is 23.1. The maximum absolute atomic E-state index is 13.4. The van der Waals surface area contributed by atoms with E-state index in [-0.39, 0.29) is 18.2 Å². The third-order valence-electron chi connectivity index (χ3n) is 8.97. The van der Waals surface area contributed by atoms with Crippen LogP contribution in [-0.4, -0.2) is 66.0 Å². The Morgan fingerprint density at radius 3 is 2.68 bits per heavy atom. The molecule has 2 aliphatic heterocycles. The van der Waals surface area contributed by atoms with E-state index in [2.05, 4.69) is 45.6 Å². The Balaban J connectivity index is 1.13. The standard InChI is InChI=1S/C31H44N4O3/c1-22-27(14-13-23-8-6-11-25(20-23)24-9-4-3-5-10-24)32-21-33-29(22)30(36)35-17-15-26(16-18-35)34-28-12-7-19-38-31(28)37-2/h3-5,9-10,21,23,25-26,28,31,34H,6-8,11-20H2,1-2H3/t23?,25-,28?,31?/m1/s1. The van der Waals surface area contributed by atoms with Crippen LogP contribution in [0.15, 0.2) is 36.7 Å². The summed E-state index contributed by atoms with van der Waals surface area (Å²) in [5, 5.41) is 3.73. The summed E-state index contributed by atoms with van der Waals surface area (Å²) in [5.41, 5.74) is 4.04. The van der Waals surface area contributed by atoms with Crippen molar-refractivity contribution >= 4 is 5.91 Å². The van der Waals surface area contributed by atoms with Crippen LogP contribution in [0.2, 0.25) is 0 Å². The molecule has 3 heterocycles. The van der Waals surface area contributed by atoms with Gasteiger partial charge in [0, 0.05) is 44.1 Å². The van der Waals surface area contributed by atoms with E-state index < -0.39 is 0 Å². The van der Waals surface area contributed by atoms with Crippen LogP contribution in [0.25, 0.3) is 0 Å². The number of carbonyl (C=O) groups is 1. The summed E-state index contributed by atoms with van der Waals surface area (Å²) in [4.78, 5) is 24.5. The number of methoxy groups -OCH3 is 1. The molecule has 0 spiro atoms. The van der Waals surface area contributed by atoms with E-state index in [0.29, 0.717) is 23.6 Å². The second-order valence-electron chi connectivity index (χ2n) is 11.4. The number of likely N-dealkylation sites (tertiary alicyclic amines) is 1. The number of hydrogen-bond donors (Lipinski definition) is 1. The molecule has 0 radical (unpaired) electrons. The molecule has 7 nitrogen and oxygen atoms in total. The fourth-order valence-corrected chi connectivity index (χ4v) is 6.73. The van der Waals surface area contributed by atoms with Crippen molar-refractivity contribution in [2.24, 2.45) is 5.92 Å². The molecule has 5 rings (SSSR count). The number of aromatic nitrogens is 2. The molecule has 7 heteroatoms. The first-order chi connectivity index (χ1) is 18.6. The summed E-state index contributed by atoms with van der Waals surface area (Å²) >= 11 is 0. The van der Waals surface area contributed by atoms with Crippen LogP contribution in [-0.2, 0) is 15.9 Å². The number of rotatable bonds is 8. The average molecular weight is 521 g/mol. The largest absolute Gasteiger partial charge is 0.354 e. The number of hydrogen-bond acceptors (Lipinski definition) is 6. The fraction of sp³-hybridized carbons (Fsp3) is 0.645. The molecule has 1 amide bonds. The Kier molecular flexibility index (Phi) is 9.41. The Morgan fingerprint density at radius 2 is 1.89 bits per heavy atom. The van der Waals surface area contributed by atoms with Crippen molar-refractivity contribution in [2.75, 3.05) is 26.8 Å². The lowest BCUT2D eigenvalue weighted by atomic mass is 9.76. The molecule has 1 aromatic heterocycles. The third-order valence-corrected chi connectivity index (χ3v) is 8.97. The van der Waals surface area contributed by atoms with Gasteiger partial charge in [-0.25, -0.2) is 9.97 Å². The average Bonchev–Trinajstić information content (AvgIpc) is 2.97. The molecule has 1 aromatic carbocycles. The molecule has 206 valence electrons. The zero-order valence-corrected chi connectivity index (χ0v) is 23.1. The lowest BCUT2D eigenvalue weighted by molar-refractivity contribution is -0.164. The minimum absolute atomic E-state index is 0.0437. The summed E-state index contributed by atoms with van der Waals surface area (Å²) in [7, 11) is 1.71. The van der Waals surface area contributed by atoms with Gasteiger partial charge in [0.25, 0.3) is 5.91 Å². The Hall–Kier alpha value is -2.35. The maximum atomic E-state index is 13.4. The molecule has 38 heavy (non-hydrogen) atoms. The molecule has 4 atom stereocenters. The van der Waals surface area contributed by atoms with Crippen LogP contribution in [0.5, 0.6) is 0 Å². The first-order valence-corrected chi connectivity index (χ1v) is 14.7. The predicted octanol–water partition coefficient (Wildman–Crippen LogP) is 5.04. The molecule has 1 N–H and O–H groups in total. The molecule has 3 fully saturated rings. The first-order valence-electron chi connectivity index (χ1n) is 14.7. The molecule has 1 saturated carbocycles. The number of carbonyl (C=O) groups excluding carboxylic acids is 1. The van der Waals surface area contributed by atoms with E-state index in [9.17, 15) is 4.79 Å². The molecule has 2 aromatic rings. The lowest BCUT2D eigenvalue weighted by Gasteiger charge is -2.38. The number of nitrogens with zero attached hydrogens (tertiary/aromatic N) is 3. The van der Waals surface area contributed by atoms with E-state index in [0.717, 1.165) is 69.5 Å². The van der Waals surface area contributed by atoms with Crippen LogP contribution in [0.3, 0.4) is 0 Å². The van der Waals surface area contributed by atoms with E-state index in [1.807, 2.05) is 11.8 Å². The van der Waals surface area contributed by atoms with E-state index in [1.54, 1.807) is 13.4 Å². The highest BCUT2D eigenvalue weighted by atomic mass is 16.7. The Morgan fingerprint density at radius 1 is 1.08 bits per heavy atom. The number of nitrogens with one attached hydrogen (secondary N) is 1. The second kappa shape index (κ2) is 13.1. The highest BCUT2D eigenvalue weighted by Gasteiger charge is 2.31. The molecular weight excluding hydrogens is 476 g/mol. The van der Waals surface area contributed by atoms with E-state index in [4.69, 9.17) is 9.47 Å². The number of amides is 1. The smallest absolute Gasteiger partial charge is 0.272 e. The molecule has 2 saturated heterocycles. The van der Waals surface area contributed by atoms with Crippen LogP contribution in [0.4, 0.5) is 0 Å². The van der Waals surface area contributed by atoms with Gasteiger partial charge in [-0.05, 0) is 75.7 Å². The molecule has 3 aliphatic rings. The normalized spacial score (nSPS) is 26.8. The molecule has 0 bridgehead atoms. The Labute approximate surface area is 227 Å². The van der Waals surface area contributed by atoms with Crippen LogP contribution >= 0.6 is 0 Å². The number of aryl methyl sites for hydroxylation is 1. The topological polar surface area (TPSA) is 76.6 Å². The predicted molar refractivity (Wildman–Crippen MR) is 148 cm³/mol. The van der Waals surface area contributed by atoms with Crippen molar-refractivity contribution in [3.63, 3.8) is 0 Å². The van der Waals surface area contributed by atoms with Gasteiger partial charge >= 0.3 is 0 Å². The van der Waals surface area contributed by atoms with Gasteiger partial charge in [0.2, 0.25) is 0 Å².